The molecule has 4 heteroatoms. The molecular weight excluding hydrogens is 255 g/mol. The molecule has 1 unspecified atom stereocenters. The lowest BCUT2D eigenvalue weighted by Crippen LogP contribution is -2.29. The Hall–Kier alpha value is -0.930. The molecule has 1 fully saturated rings. The summed E-state index contributed by atoms with van der Waals surface area (Å²) in [5, 5.41) is -0.0707. The van der Waals surface area contributed by atoms with Crippen LogP contribution in [0.3, 0.4) is 0 Å². The van der Waals surface area contributed by atoms with Crippen molar-refractivity contribution in [3.63, 3.8) is 0 Å². The van der Waals surface area contributed by atoms with Crippen molar-refractivity contribution in [2.24, 2.45) is 5.92 Å². The van der Waals surface area contributed by atoms with Crippen molar-refractivity contribution >= 4 is 17.4 Å². The second kappa shape index (κ2) is 5.37. The highest BCUT2D eigenvalue weighted by Crippen LogP contribution is 2.28. The van der Waals surface area contributed by atoms with E-state index in [2.05, 4.69) is 0 Å². The number of aryl methyl sites for hydroxylation is 1. The third kappa shape index (κ3) is 2.57. The van der Waals surface area contributed by atoms with Crippen LogP contribution in [0.1, 0.15) is 35.7 Å². The lowest BCUT2D eigenvalue weighted by atomic mass is 9.90. The first-order chi connectivity index (χ1) is 8.50. The number of benzene rings is 1. The van der Waals surface area contributed by atoms with Gasteiger partial charge in [-0.15, -0.1) is 0 Å². The lowest BCUT2D eigenvalue weighted by Gasteiger charge is -2.26. The van der Waals surface area contributed by atoms with Crippen molar-refractivity contribution in [2.75, 3.05) is 6.61 Å². The molecule has 0 spiro atoms. The maximum absolute atomic E-state index is 13.7. The summed E-state index contributed by atoms with van der Waals surface area (Å²) in [6.45, 7) is 4.01. The van der Waals surface area contributed by atoms with Crippen LogP contribution >= 0.6 is 11.6 Å². The summed E-state index contributed by atoms with van der Waals surface area (Å²) in [5.74, 6) is -0.834. The van der Waals surface area contributed by atoms with Gasteiger partial charge in [-0.05, 0) is 38.3 Å². The summed E-state index contributed by atoms with van der Waals surface area (Å²) in [5.41, 5.74) is 0.716. The molecule has 0 N–H and O–H groups in total. The molecule has 2 atom stereocenters. The topological polar surface area (TPSA) is 26.3 Å². The Balaban J connectivity index is 2.21. The van der Waals surface area contributed by atoms with Gasteiger partial charge in [-0.2, -0.15) is 0 Å². The highest BCUT2D eigenvalue weighted by Gasteiger charge is 2.28. The van der Waals surface area contributed by atoms with Crippen LogP contribution in [0.15, 0.2) is 12.1 Å². The second-order valence-corrected chi connectivity index (χ2v) is 5.22. The fourth-order valence-corrected chi connectivity index (χ4v) is 2.45. The van der Waals surface area contributed by atoms with Crippen LogP contribution in [0.5, 0.6) is 0 Å². The minimum absolute atomic E-state index is 0.0707. The zero-order valence-electron chi connectivity index (χ0n) is 10.5. The Morgan fingerprint density at radius 2 is 2.17 bits per heavy atom. The molecule has 1 aromatic carbocycles. The molecule has 98 valence electrons. The summed E-state index contributed by atoms with van der Waals surface area (Å²) in [6, 6.07) is 3.18. The van der Waals surface area contributed by atoms with Crippen LogP contribution in [0, 0.1) is 18.7 Å². The molecule has 2 rings (SSSR count). The van der Waals surface area contributed by atoms with Gasteiger partial charge in [-0.1, -0.05) is 17.7 Å². The quantitative estimate of drug-likeness (QED) is 0.765. The SMILES string of the molecule is Cc1ccc(C(=O)[C@@H]2CCC(C)OC2)c(Cl)c1F. The molecule has 18 heavy (non-hydrogen) atoms. The van der Waals surface area contributed by atoms with E-state index in [1.807, 2.05) is 6.92 Å². The van der Waals surface area contributed by atoms with Gasteiger partial charge in [0.25, 0.3) is 0 Å². The molecule has 0 radical (unpaired) electrons. The molecule has 0 aliphatic carbocycles. The van der Waals surface area contributed by atoms with Gasteiger partial charge >= 0.3 is 0 Å². The first kappa shape index (κ1) is 13.5. The summed E-state index contributed by atoms with van der Waals surface area (Å²) in [7, 11) is 0. The molecular formula is C14H16ClFO2. The van der Waals surface area contributed by atoms with E-state index in [9.17, 15) is 9.18 Å². The first-order valence-corrected chi connectivity index (χ1v) is 6.49. The van der Waals surface area contributed by atoms with E-state index in [0.29, 0.717) is 12.2 Å². The molecule has 1 saturated heterocycles. The molecule has 1 aliphatic rings. The first-order valence-electron chi connectivity index (χ1n) is 6.11. The van der Waals surface area contributed by atoms with Gasteiger partial charge < -0.3 is 4.74 Å². The Morgan fingerprint density at radius 1 is 1.44 bits per heavy atom. The predicted octanol–water partition coefficient (Wildman–Crippen LogP) is 3.79. The highest BCUT2D eigenvalue weighted by molar-refractivity contribution is 6.34. The number of carbonyl (C=O) groups is 1. The number of rotatable bonds is 2. The van der Waals surface area contributed by atoms with Gasteiger partial charge in [0, 0.05) is 11.5 Å². The van der Waals surface area contributed by atoms with Crippen molar-refractivity contribution in [3.8, 4) is 0 Å². The number of ketones is 1. The average molecular weight is 271 g/mol. The molecule has 1 aromatic rings. The Morgan fingerprint density at radius 3 is 2.78 bits per heavy atom. The molecule has 1 aliphatic heterocycles. The van der Waals surface area contributed by atoms with Gasteiger partial charge in [-0.25, -0.2) is 4.39 Å². The summed E-state index contributed by atoms with van der Waals surface area (Å²) in [4.78, 5) is 12.3. The second-order valence-electron chi connectivity index (χ2n) is 4.84. The predicted molar refractivity (Wildman–Crippen MR) is 68.6 cm³/mol. The van der Waals surface area contributed by atoms with Crippen molar-refractivity contribution in [1.29, 1.82) is 0 Å². The number of hydrogen-bond donors (Lipinski definition) is 0. The van der Waals surface area contributed by atoms with Gasteiger partial charge in [0.05, 0.1) is 17.7 Å². The maximum Gasteiger partial charge on any atom is 0.169 e. The Bertz CT molecular complexity index is 465. The lowest BCUT2D eigenvalue weighted by molar-refractivity contribution is -0.000345. The van der Waals surface area contributed by atoms with E-state index in [0.717, 1.165) is 12.8 Å². The van der Waals surface area contributed by atoms with E-state index >= 15 is 0 Å². The molecule has 0 bridgehead atoms. The molecule has 1 heterocycles. The number of Topliss-reactive ketones (excluding diaryl/α,β-unsaturated/α-hetero) is 1. The number of hydrogen-bond acceptors (Lipinski definition) is 2. The maximum atomic E-state index is 13.7. The third-order valence-corrected chi connectivity index (χ3v) is 3.78. The van der Waals surface area contributed by atoms with E-state index in [1.54, 1.807) is 19.1 Å². The normalized spacial score (nSPS) is 24.0. The summed E-state index contributed by atoms with van der Waals surface area (Å²) >= 11 is 5.90. The van der Waals surface area contributed by atoms with E-state index in [-0.39, 0.29) is 28.4 Å². The minimum Gasteiger partial charge on any atom is -0.378 e. The van der Waals surface area contributed by atoms with Crippen LogP contribution < -0.4 is 0 Å². The van der Waals surface area contributed by atoms with Gasteiger partial charge in [0.15, 0.2) is 5.78 Å². The van der Waals surface area contributed by atoms with Crippen molar-refractivity contribution < 1.29 is 13.9 Å². The third-order valence-electron chi connectivity index (χ3n) is 3.42. The molecule has 0 amide bonds. The van der Waals surface area contributed by atoms with Crippen LogP contribution in [-0.2, 0) is 4.74 Å². The van der Waals surface area contributed by atoms with E-state index in [4.69, 9.17) is 16.3 Å². The number of halogens is 2. The zero-order chi connectivity index (χ0) is 13.3. The van der Waals surface area contributed by atoms with Crippen molar-refractivity contribution in [1.82, 2.24) is 0 Å². The fourth-order valence-electron chi connectivity index (χ4n) is 2.15. The molecule has 2 nitrogen and oxygen atoms in total. The van der Waals surface area contributed by atoms with Gasteiger partial charge in [0.1, 0.15) is 5.82 Å². The Labute approximate surface area is 111 Å². The average Bonchev–Trinajstić information content (AvgIpc) is 2.36. The summed E-state index contributed by atoms with van der Waals surface area (Å²) < 4.78 is 19.1. The highest BCUT2D eigenvalue weighted by atomic mass is 35.5. The minimum atomic E-state index is -0.507. The molecule has 0 saturated carbocycles. The van der Waals surface area contributed by atoms with Gasteiger partial charge in [-0.3, -0.25) is 4.79 Å². The van der Waals surface area contributed by atoms with E-state index in [1.165, 1.54) is 0 Å². The van der Waals surface area contributed by atoms with Crippen LogP contribution in [0.25, 0.3) is 0 Å². The van der Waals surface area contributed by atoms with E-state index < -0.39 is 5.82 Å². The number of carbonyl (C=O) groups excluding carboxylic acids is 1. The fraction of sp³-hybridized carbons (Fsp3) is 0.500. The van der Waals surface area contributed by atoms with Crippen LogP contribution in [0.4, 0.5) is 4.39 Å². The van der Waals surface area contributed by atoms with Crippen LogP contribution in [-0.4, -0.2) is 18.5 Å². The number of ether oxygens (including phenoxy) is 1. The van der Waals surface area contributed by atoms with Gasteiger partial charge in [0.2, 0.25) is 0 Å². The van der Waals surface area contributed by atoms with Crippen molar-refractivity contribution in [2.45, 2.75) is 32.8 Å². The smallest absolute Gasteiger partial charge is 0.169 e. The van der Waals surface area contributed by atoms with Crippen molar-refractivity contribution in [3.05, 3.63) is 34.1 Å². The summed E-state index contributed by atoms with van der Waals surface area (Å²) in [6.07, 6.45) is 1.81. The largest absolute Gasteiger partial charge is 0.378 e. The standard InChI is InChI=1S/C14H16ClFO2/c1-8-3-6-11(12(15)13(8)16)14(17)10-5-4-9(2)18-7-10/h3,6,9-10H,4-5,7H2,1-2H3/t9?,10-/m1/s1. The zero-order valence-corrected chi connectivity index (χ0v) is 11.3. The van der Waals surface area contributed by atoms with Crippen LogP contribution in [0.2, 0.25) is 5.02 Å². The molecule has 0 aromatic heterocycles. The monoisotopic (exact) mass is 270 g/mol. The Kier molecular flexibility index (Phi) is 4.03.